The van der Waals surface area contributed by atoms with Crippen LogP contribution in [0.3, 0.4) is 0 Å². The maximum atomic E-state index is 8.97. The largest absolute Gasteiger partial charge is 0.346 e. The third kappa shape index (κ3) is 3.15. The molecule has 3 nitrogen and oxygen atoms in total. The van der Waals surface area contributed by atoms with E-state index in [4.69, 9.17) is 5.26 Å². The van der Waals surface area contributed by atoms with Gasteiger partial charge in [0.2, 0.25) is 0 Å². The van der Waals surface area contributed by atoms with Gasteiger partial charge in [-0.1, -0.05) is 13.0 Å². The first-order valence-electron chi connectivity index (χ1n) is 6.80. The first-order chi connectivity index (χ1) is 9.05. The van der Waals surface area contributed by atoms with Gasteiger partial charge in [-0.15, -0.1) is 0 Å². The second-order valence-corrected chi connectivity index (χ2v) is 5.56. The molecular weight excluding hydrogens is 234 g/mol. The van der Waals surface area contributed by atoms with Crippen molar-refractivity contribution in [3.8, 4) is 6.07 Å². The average molecular weight is 255 g/mol. The molecule has 2 rings (SSSR count). The van der Waals surface area contributed by atoms with Gasteiger partial charge in [0.1, 0.15) is 0 Å². The first kappa shape index (κ1) is 13.6. The zero-order valence-electron chi connectivity index (χ0n) is 11.9. The average Bonchev–Trinajstić information content (AvgIpc) is 2.81. The quantitative estimate of drug-likeness (QED) is 0.890. The molecule has 2 aromatic rings. The number of nitriles is 1. The van der Waals surface area contributed by atoms with Crippen molar-refractivity contribution in [2.24, 2.45) is 0 Å². The minimum Gasteiger partial charge on any atom is -0.346 e. The number of rotatable bonds is 5. The van der Waals surface area contributed by atoms with Crippen LogP contribution in [0.25, 0.3) is 10.9 Å². The summed E-state index contributed by atoms with van der Waals surface area (Å²) < 4.78 is 2.20. The van der Waals surface area contributed by atoms with Crippen LogP contribution < -0.4 is 5.32 Å². The highest BCUT2D eigenvalue weighted by Gasteiger charge is 2.13. The standard InChI is InChI=1S/C16H21N3/c1-4-16(2,3)18-8-10-19-9-7-14-6-5-13(12-17)11-15(14)19/h5-7,9,11,18H,4,8,10H2,1-3H3. The summed E-state index contributed by atoms with van der Waals surface area (Å²) >= 11 is 0. The van der Waals surface area contributed by atoms with Gasteiger partial charge in [0.15, 0.2) is 0 Å². The van der Waals surface area contributed by atoms with Crippen LogP contribution in [0.5, 0.6) is 0 Å². The lowest BCUT2D eigenvalue weighted by Gasteiger charge is -2.24. The van der Waals surface area contributed by atoms with Crippen molar-refractivity contribution in [3.05, 3.63) is 36.0 Å². The van der Waals surface area contributed by atoms with E-state index in [9.17, 15) is 0 Å². The second-order valence-electron chi connectivity index (χ2n) is 5.56. The summed E-state index contributed by atoms with van der Waals surface area (Å²) in [4.78, 5) is 0. The third-order valence-corrected chi connectivity index (χ3v) is 3.74. The van der Waals surface area contributed by atoms with Crippen LogP contribution in [-0.4, -0.2) is 16.7 Å². The Morgan fingerprint density at radius 2 is 2.11 bits per heavy atom. The summed E-state index contributed by atoms with van der Waals surface area (Å²) in [6.07, 6.45) is 3.20. The Bertz CT molecular complexity index is 602. The molecular formula is C16H21N3. The van der Waals surface area contributed by atoms with Crippen molar-refractivity contribution in [2.45, 2.75) is 39.3 Å². The highest BCUT2D eigenvalue weighted by atomic mass is 15.0. The Morgan fingerprint density at radius 1 is 1.32 bits per heavy atom. The number of hydrogen-bond acceptors (Lipinski definition) is 2. The molecule has 0 saturated heterocycles. The lowest BCUT2D eigenvalue weighted by molar-refractivity contribution is 0.369. The maximum Gasteiger partial charge on any atom is 0.0992 e. The minimum absolute atomic E-state index is 0.181. The zero-order chi connectivity index (χ0) is 13.9. The smallest absolute Gasteiger partial charge is 0.0992 e. The molecule has 0 bridgehead atoms. The van der Waals surface area contributed by atoms with Crippen molar-refractivity contribution in [2.75, 3.05) is 6.54 Å². The first-order valence-corrected chi connectivity index (χ1v) is 6.80. The number of hydrogen-bond donors (Lipinski definition) is 1. The highest BCUT2D eigenvalue weighted by molar-refractivity contribution is 5.81. The van der Waals surface area contributed by atoms with Gasteiger partial charge in [-0.25, -0.2) is 0 Å². The molecule has 19 heavy (non-hydrogen) atoms. The molecule has 3 heteroatoms. The molecule has 0 unspecified atom stereocenters. The van der Waals surface area contributed by atoms with Crippen LogP contribution in [-0.2, 0) is 6.54 Å². The summed E-state index contributed by atoms with van der Waals surface area (Å²) in [5.41, 5.74) is 2.03. The Balaban J connectivity index is 2.11. The molecule has 0 amide bonds. The molecule has 1 aromatic carbocycles. The monoisotopic (exact) mass is 255 g/mol. The van der Waals surface area contributed by atoms with Gasteiger partial charge in [-0.2, -0.15) is 5.26 Å². The van der Waals surface area contributed by atoms with E-state index < -0.39 is 0 Å². The molecule has 1 N–H and O–H groups in total. The van der Waals surface area contributed by atoms with Crippen LogP contribution in [0, 0.1) is 11.3 Å². The number of nitrogens with zero attached hydrogens (tertiary/aromatic N) is 2. The second kappa shape index (κ2) is 5.46. The van der Waals surface area contributed by atoms with Crippen LogP contribution in [0.1, 0.15) is 32.8 Å². The van der Waals surface area contributed by atoms with Crippen molar-refractivity contribution in [1.29, 1.82) is 5.26 Å². The van der Waals surface area contributed by atoms with E-state index in [0.29, 0.717) is 5.56 Å². The van der Waals surface area contributed by atoms with Gasteiger partial charge < -0.3 is 9.88 Å². The Morgan fingerprint density at radius 3 is 2.79 bits per heavy atom. The highest BCUT2D eigenvalue weighted by Crippen LogP contribution is 2.17. The zero-order valence-corrected chi connectivity index (χ0v) is 11.9. The van der Waals surface area contributed by atoms with E-state index in [0.717, 1.165) is 25.0 Å². The molecule has 0 aliphatic carbocycles. The fourth-order valence-electron chi connectivity index (χ4n) is 2.09. The third-order valence-electron chi connectivity index (χ3n) is 3.74. The molecule has 0 spiro atoms. The molecule has 0 saturated carbocycles. The van der Waals surface area contributed by atoms with E-state index in [-0.39, 0.29) is 5.54 Å². The van der Waals surface area contributed by atoms with Gasteiger partial charge in [-0.05, 0) is 43.9 Å². The maximum absolute atomic E-state index is 8.97. The number of fused-ring (bicyclic) bond motifs is 1. The van der Waals surface area contributed by atoms with Gasteiger partial charge >= 0.3 is 0 Å². The predicted molar refractivity (Wildman–Crippen MR) is 79.0 cm³/mol. The van der Waals surface area contributed by atoms with Gasteiger partial charge in [0, 0.05) is 30.3 Å². The van der Waals surface area contributed by atoms with Crippen LogP contribution in [0.4, 0.5) is 0 Å². The molecule has 100 valence electrons. The van der Waals surface area contributed by atoms with E-state index >= 15 is 0 Å². The van der Waals surface area contributed by atoms with Crippen molar-refractivity contribution in [3.63, 3.8) is 0 Å². The fourth-order valence-corrected chi connectivity index (χ4v) is 2.09. The number of nitrogens with one attached hydrogen (secondary N) is 1. The van der Waals surface area contributed by atoms with Crippen molar-refractivity contribution < 1.29 is 0 Å². The topological polar surface area (TPSA) is 40.8 Å². The van der Waals surface area contributed by atoms with E-state index in [1.54, 1.807) is 0 Å². The Labute approximate surface area is 114 Å². The Hall–Kier alpha value is -1.79. The fraction of sp³-hybridized carbons (Fsp3) is 0.438. The molecule has 0 aliphatic heterocycles. The molecule has 0 atom stereocenters. The summed E-state index contributed by atoms with van der Waals surface area (Å²) in [6, 6.07) is 10.1. The van der Waals surface area contributed by atoms with Crippen LogP contribution in [0.2, 0.25) is 0 Å². The normalized spacial score (nSPS) is 11.7. The van der Waals surface area contributed by atoms with Gasteiger partial charge in [-0.3, -0.25) is 0 Å². The SMILES string of the molecule is CCC(C)(C)NCCn1ccc2ccc(C#N)cc21. The Kier molecular flexibility index (Phi) is 3.92. The van der Waals surface area contributed by atoms with Crippen LogP contribution in [0.15, 0.2) is 30.5 Å². The molecule has 0 fully saturated rings. The summed E-state index contributed by atoms with van der Waals surface area (Å²) in [5.74, 6) is 0. The lowest BCUT2D eigenvalue weighted by Crippen LogP contribution is -2.40. The summed E-state index contributed by atoms with van der Waals surface area (Å²) in [6.45, 7) is 8.48. The summed E-state index contributed by atoms with van der Waals surface area (Å²) in [5, 5.41) is 13.7. The minimum atomic E-state index is 0.181. The van der Waals surface area contributed by atoms with E-state index in [1.165, 1.54) is 5.39 Å². The summed E-state index contributed by atoms with van der Waals surface area (Å²) in [7, 11) is 0. The molecule has 1 heterocycles. The molecule has 0 radical (unpaired) electrons. The molecule has 1 aromatic heterocycles. The van der Waals surface area contributed by atoms with Crippen LogP contribution >= 0.6 is 0 Å². The van der Waals surface area contributed by atoms with Gasteiger partial charge in [0.25, 0.3) is 0 Å². The number of benzene rings is 1. The number of aromatic nitrogens is 1. The van der Waals surface area contributed by atoms with E-state index in [1.807, 2.05) is 18.2 Å². The van der Waals surface area contributed by atoms with Gasteiger partial charge in [0.05, 0.1) is 11.6 Å². The molecule has 0 aliphatic rings. The van der Waals surface area contributed by atoms with Crippen molar-refractivity contribution >= 4 is 10.9 Å². The predicted octanol–water partition coefficient (Wildman–Crippen LogP) is 3.29. The lowest BCUT2D eigenvalue weighted by atomic mass is 10.0. The van der Waals surface area contributed by atoms with Crippen molar-refractivity contribution in [1.82, 2.24) is 9.88 Å². The van der Waals surface area contributed by atoms with E-state index in [2.05, 4.69) is 49.0 Å².